The van der Waals surface area contributed by atoms with Crippen molar-refractivity contribution in [2.75, 3.05) is 31.6 Å². The second kappa shape index (κ2) is 8.14. The third kappa shape index (κ3) is 4.58. The van der Waals surface area contributed by atoms with Crippen molar-refractivity contribution >= 4 is 12.0 Å². The van der Waals surface area contributed by atoms with E-state index in [-0.39, 0.29) is 6.03 Å². The van der Waals surface area contributed by atoms with Crippen LogP contribution in [0.2, 0.25) is 0 Å². The lowest BCUT2D eigenvalue weighted by Gasteiger charge is -2.25. The molecule has 3 rings (SSSR count). The molecule has 2 heterocycles. The number of para-hydroxylation sites is 1. The van der Waals surface area contributed by atoms with E-state index >= 15 is 0 Å². The number of anilines is 1. The van der Waals surface area contributed by atoms with Gasteiger partial charge < -0.3 is 20.7 Å². The van der Waals surface area contributed by atoms with Crippen LogP contribution >= 0.6 is 0 Å². The normalized spacial score (nSPS) is 15.8. The van der Waals surface area contributed by atoms with E-state index in [4.69, 9.17) is 4.74 Å². The van der Waals surface area contributed by atoms with Crippen LogP contribution in [0.4, 0.5) is 10.7 Å². The molecular weight excluding hydrogens is 306 g/mol. The van der Waals surface area contributed by atoms with Crippen LogP contribution in [0.25, 0.3) is 0 Å². The summed E-state index contributed by atoms with van der Waals surface area (Å²) in [4.78, 5) is 19.9. The number of hydrogen-bond acceptors (Lipinski definition) is 5. The predicted molar refractivity (Wildman–Crippen MR) is 91.1 cm³/mol. The molecule has 0 aliphatic carbocycles. The van der Waals surface area contributed by atoms with Gasteiger partial charge in [0.1, 0.15) is 5.75 Å². The summed E-state index contributed by atoms with van der Waals surface area (Å²) in [6.45, 7) is 2.28. The van der Waals surface area contributed by atoms with Gasteiger partial charge in [-0.15, -0.1) is 0 Å². The summed E-state index contributed by atoms with van der Waals surface area (Å²) in [5.74, 6) is 1.80. The number of fused-ring (bicyclic) bond motifs is 1. The van der Waals surface area contributed by atoms with E-state index in [0.29, 0.717) is 38.1 Å². The Hall–Kier alpha value is -2.83. The van der Waals surface area contributed by atoms with Gasteiger partial charge in [-0.25, -0.2) is 14.8 Å². The van der Waals surface area contributed by atoms with Crippen molar-refractivity contribution in [3.63, 3.8) is 0 Å². The molecule has 0 saturated heterocycles. The summed E-state index contributed by atoms with van der Waals surface area (Å²) in [6, 6.07) is 9.61. The van der Waals surface area contributed by atoms with Gasteiger partial charge in [-0.1, -0.05) is 18.2 Å². The van der Waals surface area contributed by atoms with Gasteiger partial charge in [-0.2, -0.15) is 0 Å². The lowest BCUT2D eigenvalue weighted by Crippen LogP contribution is -2.42. The first kappa shape index (κ1) is 16.0. The topological polar surface area (TPSA) is 88.2 Å². The smallest absolute Gasteiger partial charge is 0.314 e. The molecule has 2 aromatic rings. The van der Waals surface area contributed by atoms with E-state index in [0.717, 1.165) is 12.2 Å². The van der Waals surface area contributed by atoms with Gasteiger partial charge in [0, 0.05) is 37.9 Å². The standard InChI is InChI=1S/C17H21N5O2/c23-17(21-9-8-20-16-18-6-3-7-19-16)22-11-13-10-14-4-1-2-5-15(14)24-12-13/h1-7,13H,8-12H2,(H,18,19,20)(H2,21,22,23)/t13-/m0/s1. The first-order chi connectivity index (χ1) is 11.8. The summed E-state index contributed by atoms with van der Waals surface area (Å²) < 4.78 is 5.72. The molecule has 24 heavy (non-hydrogen) atoms. The zero-order valence-electron chi connectivity index (χ0n) is 13.4. The number of aromatic nitrogens is 2. The fraction of sp³-hybridized carbons (Fsp3) is 0.353. The Kier molecular flexibility index (Phi) is 5.44. The van der Waals surface area contributed by atoms with Crippen LogP contribution in [0.1, 0.15) is 5.56 Å². The van der Waals surface area contributed by atoms with E-state index < -0.39 is 0 Å². The zero-order chi connectivity index (χ0) is 16.6. The molecule has 1 atom stereocenters. The Morgan fingerprint density at radius 1 is 1.12 bits per heavy atom. The van der Waals surface area contributed by atoms with Crippen LogP contribution in [0.3, 0.4) is 0 Å². The van der Waals surface area contributed by atoms with E-state index in [1.165, 1.54) is 5.56 Å². The number of nitrogens with zero attached hydrogens (tertiary/aromatic N) is 2. The molecule has 1 aromatic heterocycles. The van der Waals surface area contributed by atoms with Crippen molar-refractivity contribution < 1.29 is 9.53 Å². The Bertz CT molecular complexity index is 665. The number of urea groups is 1. The van der Waals surface area contributed by atoms with Crippen LogP contribution < -0.4 is 20.7 Å². The van der Waals surface area contributed by atoms with Crippen molar-refractivity contribution in [2.45, 2.75) is 6.42 Å². The second-order valence-electron chi connectivity index (χ2n) is 5.62. The molecule has 0 spiro atoms. The molecule has 2 amide bonds. The predicted octanol–water partition coefficient (Wildman–Crippen LogP) is 1.44. The number of hydrogen-bond donors (Lipinski definition) is 3. The monoisotopic (exact) mass is 327 g/mol. The molecular formula is C17H21N5O2. The lowest BCUT2D eigenvalue weighted by atomic mass is 9.97. The van der Waals surface area contributed by atoms with Crippen LogP contribution in [-0.2, 0) is 6.42 Å². The van der Waals surface area contributed by atoms with Crippen LogP contribution in [0.15, 0.2) is 42.7 Å². The van der Waals surface area contributed by atoms with Crippen molar-refractivity contribution in [3.8, 4) is 5.75 Å². The molecule has 7 nitrogen and oxygen atoms in total. The van der Waals surface area contributed by atoms with E-state index in [1.54, 1.807) is 18.5 Å². The first-order valence-electron chi connectivity index (χ1n) is 8.04. The van der Waals surface area contributed by atoms with E-state index in [9.17, 15) is 4.79 Å². The number of nitrogens with one attached hydrogen (secondary N) is 3. The molecule has 0 unspecified atom stereocenters. The number of ether oxygens (including phenoxy) is 1. The first-order valence-corrected chi connectivity index (χ1v) is 8.04. The summed E-state index contributed by atoms with van der Waals surface area (Å²) in [5.41, 5.74) is 1.20. The number of benzene rings is 1. The minimum Gasteiger partial charge on any atom is -0.493 e. The molecule has 0 saturated carbocycles. The number of carbonyl (C=O) groups is 1. The summed E-state index contributed by atoms with van der Waals surface area (Å²) in [6.07, 6.45) is 4.25. The quantitative estimate of drug-likeness (QED) is 0.699. The minimum absolute atomic E-state index is 0.176. The largest absolute Gasteiger partial charge is 0.493 e. The van der Waals surface area contributed by atoms with Gasteiger partial charge in [-0.05, 0) is 24.1 Å². The van der Waals surface area contributed by atoms with Gasteiger partial charge in [0.25, 0.3) is 0 Å². The molecule has 3 N–H and O–H groups in total. The van der Waals surface area contributed by atoms with Crippen LogP contribution in [-0.4, -0.2) is 42.2 Å². The van der Waals surface area contributed by atoms with Gasteiger partial charge in [0.05, 0.1) is 6.61 Å². The molecule has 7 heteroatoms. The summed E-state index contributed by atoms with van der Waals surface area (Å²) in [7, 11) is 0. The Morgan fingerprint density at radius 3 is 2.83 bits per heavy atom. The molecule has 1 aliphatic heterocycles. The Balaban J connectivity index is 1.32. The number of amides is 2. The average Bonchev–Trinajstić information content (AvgIpc) is 2.64. The molecule has 1 aromatic carbocycles. The summed E-state index contributed by atoms with van der Waals surface area (Å²) >= 11 is 0. The Labute approximate surface area is 140 Å². The highest BCUT2D eigenvalue weighted by atomic mass is 16.5. The van der Waals surface area contributed by atoms with Gasteiger partial charge in [0.15, 0.2) is 0 Å². The van der Waals surface area contributed by atoms with Gasteiger partial charge in [0.2, 0.25) is 5.95 Å². The highest BCUT2D eigenvalue weighted by molar-refractivity contribution is 5.73. The SMILES string of the molecule is O=C(NCCNc1ncccn1)NC[C@H]1COc2ccccc2C1. The lowest BCUT2D eigenvalue weighted by molar-refractivity contribution is 0.211. The zero-order valence-corrected chi connectivity index (χ0v) is 13.4. The third-order valence-electron chi connectivity index (χ3n) is 3.77. The van der Waals surface area contributed by atoms with Crippen molar-refractivity contribution in [3.05, 3.63) is 48.3 Å². The van der Waals surface area contributed by atoms with Crippen LogP contribution in [0.5, 0.6) is 5.75 Å². The maximum atomic E-state index is 11.8. The van der Waals surface area contributed by atoms with Crippen LogP contribution in [0, 0.1) is 5.92 Å². The van der Waals surface area contributed by atoms with Crippen molar-refractivity contribution in [2.24, 2.45) is 5.92 Å². The maximum absolute atomic E-state index is 11.8. The fourth-order valence-electron chi connectivity index (χ4n) is 2.56. The molecule has 0 bridgehead atoms. The highest BCUT2D eigenvalue weighted by Crippen LogP contribution is 2.26. The molecule has 126 valence electrons. The average molecular weight is 327 g/mol. The maximum Gasteiger partial charge on any atom is 0.314 e. The van der Waals surface area contributed by atoms with Gasteiger partial charge >= 0.3 is 6.03 Å². The second-order valence-corrected chi connectivity index (χ2v) is 5.62. The fourth-order valence-corrected chi connectivity index (χ4v) is 2.56. The van der Waals surface area contributed by atoms with Gasteiger partial charge in [-0.3, -0.25) is 0 Å². The summed E-state index contributed by atoms with van der Waals surface area (Å²) in [5, 5.41) is 8.73. The van der Waals surface area contributed by atoms with E-state index in [1.807, 2.05) is 18.2 Å². The highest BCUT2D eigenvalue weighted by Gasteiger charge is 2.19. The molecule has 0 radical (unpaired) electrons. The number of rotatable bonds is 6. The minimum atomic E-state index is -0.176. The molecule has 0 fully saturated rings. The van der Waals surface area contributed by atoms with Crippen molar-refractivity contribution in [1.82, 2.24) is 20.6 Å². The Morgan fingerprint density at radius 2 is 1.96 bits per heavy atom. The third-order valence-corrected chi connectivity index (χ3v) is 3.77. The number of carbonyl (C=O) groups excluding carboxylic acids is 1. The molecule has 1 aliphatic rings. The van der Waals surface area contributed by atoms with E-state index in [2.05, 4.69) is 32.0 Å². The van der Waals surface area contributed by atoms with Crippen molar-refractivity contribution in [1.29, 1.82) is 0 Å².